The number of carbonyl (C=O) groups is 1. The van der Waals surface area contributed by atoms with E-state index < -0.39 is 6.10 Å². The highest BCUT2D eigenvalue weighted by atomic mass is 35.5. The number of halogens is 2. The van der Waals surface area contributed by atoms with Gasteiger partial charge >= 0.3 is 0 Å². The molecular weight excluding hydrogens is 335 g/mol. The summed E-state index contributed by atoms with van der Waals surface area (Å²) < 4.78 is 5.72. The first-order valence-electron chi connectivity index (χ1n) is 7.95. The minimum Gasteiger partial charge on any atom is -0.481 e. The molecule has 1 atom stereocenters. The maximum Gasteiger partial charge on any atom is 0.263 e. The number of nitrogens with zero attached hydrogens (tertiary/aromatic N) is 1. The molecule has 1 amide bonds. The first kappa shape index (κ1) is 20.1. The second-order valence-corrected chi connectivity index (χ2v) is 6.31. The molecule has 1 aromatic rings. The van der Waals surface area contributed by atoms with E-state index in [0.717, 1.165) is 38.4 Å². The van der Waals surface area contributed by atoms with Crippen LogP contribution >= 0.6 is 24.0 Å². The molecule has 1 aliphatic rings. The van der Waals surface area contributed by atoms with Crippen molar-refractivity contribution in [3.05, 3.63) is 29.3 Å². The average Bonchev–Trinajstić information content (AvgIpc) is 2.52. The van der Waals surface area contributed by atoms with Crippen LogP contribution in [-0.4, -0.2) is 43.6 Å². The topological polar surface area (TPSA) is 41.6 Å². The molecule has 2 rings (SSSR count). The van der Waals surface area contributed by atoms with Crippen LogP contribution in [0.1, 0.15) is 26.2 Å². The van der Waals surface area contributed by atoms with Crippen LogP contribution in [-0.2, 0) is 4.79 Å². The van der Waals surface area contributed by atoms with Crippen LogP contribution in [0.2, 0.25) is 5.02 Å². The fourth-order valence-corrected chi connectivity index (χ4v) is 3.02. The van der Waals surface area contributed by atoms with Crippen molar-refractivity contribution in [3.63, 3.8) is 0 Å². The average molecular weight is 361 g/mol. The fourth-order valence-electron chi connectivity index (χ4n) is 2.84. The number of likely N-dealkylation sites (tertiary alicyclic amines) is 1. The lowest BCUT2D eigenvalue weighted by atomic mass is 9.93. The van der Waals surface area contributed by atoms with Crippen molar-refractivity contribution in [2.75, 3.05) is 26.7 Å². The van der Waals surface area contributed by atoms with Gasteiger partial charge in [0.1, 0.15) is 5.75 Å². The van der Waals surface area contributed by atoms with Crippen molar-refractivity contribution in [2.24, 2.45) is 5.92 Å². The molecule has 1 saturated heterocycles. The van der Waals surface area contributed by atoms with Crippen LogP contribution in [0.3, 0.4) is 0 Å². The Hall–Kier alpha value is -0.970. The summed E-state index contributed by atoms with van der Waals surface area (Å²) in [5.74, 6) is 1.42. The largest absolute Gasteiger partial charge is 0.481 e. The van der Waals surface area contributed by atoms with Gasteiger partial charge in [0, 0.05) is 18.1 Å². The van der Waals surface area contributed by atoms with Gasteiger partial charge in [-0.15, -0.1) is 12.4 Å². The van der Waals surface area contributed by atoms with Crippen LogP contribution < -0.4 is 10.1 Å². The van der Waals surface area contributed by atoms with E-state index in [1.165, 1.54) is 6.42 Å². The zero-order chi connectivity index (χ0) is 15.9. The fraction of sp³-hybridized carbons (Fsp3) is 0.588. The Balaban J connectivity index is 0.00000264. The molecular formula is C17H26Cl2N2O2. The molecule has 0 saturated carbocycles. The maximum atomic E-state index is 12.5. The van der Waals surface area contributed by atoms with E-state index in [1.54, 1.807) is 19.1 Å². The molecule has 1 aliphatic heterocycles. The van der Waals surface area contributed by atoms with Gasteiger partial charge in [-0.3, -0.25) is 4.79 Å². The molecule has 1 aromatic carbocycles. The van der Waals surface area contributed by atoms with Crippen molar-refractivity contribution >= 4 is 29.9 Å². The number of amides is 1. The van der Waals surface area contributed by atoms with E-state index in [1.807, 2.05) is 24.1 Å². The highest BCUT2D eigenvalue weighted by molar-refractivity contribution is 6.30. The summed E-state index contributed by atoms with van der Waals surface area (Å²) in [7, 11) is 1.98. The van der Waals surface area contributed by atoms with Gasteiger partial charge in [0.15, 0.2) is 6.10 Å². The SMILES string of the molecule is CNCCC1CCN(C(=O)C(C)Oc2cccc(Cl)c2)CC1.Cl. The predicted molar refractivity (Wildman–Crippen MR) is 96.6 cm³/mol. The number of piperidine rings is 1. The minimum absolute atomic E-state index is 0. The lowest BCUT2D eigenvalue weighted by Crippen LogP contribution is -2.45. The lowest BCUT2D eigenvalue weighted by molar-refractivity contribution is -0.139. The van der Waals surface area contributed by atoms with Gasteiger partial charge < -0.3 is 15.0 Å². The van der Waals surface area contributed by atoms with Gasteiger partial charge in [-0.25, -0.2) is 0 Å². The second-order valence-electron chi connectivity index (χ2n) is 5.88. The zero-order valence-electron chi connectivity index (χ0n) is 13.8. The van der Waals surface area contributed by atoms with Gasteiger partial charge in [0.2, 0.25) is 0 Å². The molecule has 6 heteroatoms. The van der Waals surface area contributed by atoms with E-state index in [4.69, 9.17) is 16.3 Å². The molecule has 0 spiro atoms. The van der Waals surface area contributed by atoms with E-state index >= 15 is 0 Å². The van der Waals surface area contributed by atoms with Crippen molar-refractivity contribution in [1.29, 1.82) is 0 Å². The molecule has 0 aromatic heterocycles. The number of rotatable bonds is 6. The van der Waals surface area contributed by atoms with Crippen molar-refractivity contribution in [2.45, 2.75) is 32.3 Å². The van der Waals surface area contributed by atoms with E-state index in [2.05, 4.69) is 5.32 Å². The van der Waals surface area contributed by atoms with E-state index in [-0.39, 0.29) is 18.3 Å². The summed E-state index contributed by atoms with van der Waals surface area (Å²) in [4.78, 5) is 14.4. The van der Waals surface area contributed by atoms with Gasteiger partial charge in [-0.1, -0.05) is 17.7 Å². The van der Waals surface area contributed by atoms with Crippen LogP contribution in [0.4, 0.5) is 0 Å². The Kier molecular flexibility index (Phi) is 8.74. The van der Waals surface area contributed by atoms with Crippen LogP contribution in [0.15, 0.2) is 24.3 Å². The molecule has 0 aliphatic carbocycles. The van der Waals surface area contributed by atoms with Crippen molar-refractivity contribution in [1.82, 2.24) is 10.2 Å². The number of benzene rings is 1. The summed E-state index contributed by atoms with van der Waals surface area (Å²) in [5, 5.41) is 3.80. The first-order valence-corrected chi connectivity index (χ1v) is 8.33. The van der Waals surface area contributed by atoms with Crippen LogP contribution in [0.25, 0.3) is 0 Å². The van der Waals surface area contributed by atoms with Crippen LogP contribution in [0.5, 0.6) is 5.75 Å². The highest BCUT2D eigenvalue weighted by Gasteiger charge is 2.26. The summed E-state index contributed by atoms with van der Waals surface area (Å²) in [6, 6.07) is 7.16. The zero-order valence-corrected chi connectivity index (χ0v) is 15.3. The summed E-state index contributed by atoms with van der Waals surface area (Å²) in [6.07, 6.45) is 2.87. The Bertz CT molecular complexity index is 491. The summed E-state index contributed by atoms with van der Waals surface area (Å²) >= 11 is 5.93. The van der Waals surface area contributed by atoms with E-state index in [9.17, 15) is 4.79 Å². The number of nitrogens with one attached hydrogen (secondary N) is 1. The molecule has 1 heterocycles. The Morgan fingerprint density at radius 2 is 2.13 bits per heavy atom. The van der Waals surface area contributed by atoms with Gasteiger partial charge in [-0.05, 0) is 63.9 Å². The molecule has 1 fully saturated rings. The Morgan fingerprint density at radius 3 is 2.74 bits per heavy atom. The van der Waals surface area contributed by atoms with E-state index in [0.29, 0.717) is 10.8 Å². The number of hydrogen-bond acceptors (Lipinski definition) is 3. The Morgan fingerprint density at radius 1 is 1.43 bits per heavy atom. The summed E-state index contributed by atoms with van der Waals surface area (Å²) in [6.45, 7) is 4.51. The highest BCUT2D eigenvalue weighted by Crippen LogP contribution is 2.22. The number of carbonyl (C=O) groups excluding carboxylic acids is 1. The molecule has 1 unspecified atom stereocenters. The molecule has 0 radical (unpaired) electrons. The predicted octanol–water partition coefficient (Wildman–Crippen LogP) is 3.38. The molecule has 1 N–H and O–H groups in total. The third-order valence-electron chi connectivity index (χ3n) is 4.19. The van der Waals surface area contributed by atoms with Gasteiger partial charge in [0.25, 0.3) is 5.91 Å². The lowest BCUT2D eigenvalue weighted by Gasteiger charge is -2.33. The molecule has 130 valence electrons. The first-order chi connectivity index (χ1) is 10.6. The second kappa shape index (κ2) is 10.0. The molecule has 23 heavy (non-hydrogen) atoms. The molecule has 0 bridgehead atoms. The maximum absolute atomic E-state index is 12.5. The number of ether oxygens (including phenoxy) is 1. The molecule has 4 nitrogen and oxygen atoms in total. The smallest absolute Gasteiger partial charge is 0.263 e. The van der Waals surface area contributed by atoms with Crippen LogP contribution in [0, 0.1) is 5.92 Å². The normalized spacial score (nSPS) is 16.6. The Labute approximate surface area is 149 Å². The minimum atomic E-state index is -0.479. The van der Waals surface area contributed by atoms with Crippen molar-refractivity contribution in [3.8, 4) is 5.75 Å². The quantitative estimate of drug-likeness (QED) is 0.845. The number of hydrogen-bond donors (Lipinski definition) is 1. The standard InChI is InChI=1S/C17H25ClN2O2.ClH/c1-13(22-16-5-3-4-15(18)12-16)17(21)20-10-7-14(8-11-20)6-9-19-2;/h3-5,12-14,19H,6-11H2,1-2H3;1H. The third kappa shape index (κ3) is 6.21. The van der Waals surface area contributed by atoms with Gasteiger partial charge in [-0.2, -0.15) is 0 Å². The monoisotopic (exact) mass is 360 g/mol. The van der Waals surface area contributed by atoms with Crippen molar-refractivity contribution < 1.29 is 9.53 Å². The van der Waals surface area contributed by atoms with Gasteiger partial charge in [0.05, 0.1) is 0 Å². The summed E-state index contributed by atoms with van der Waals surface area (Å²) in [5.41, 5.74) is 0. The third-order valence-corrected chi connectivity index (χ3v) is 4.42.